The van der Waals surface area contributed by atoms with Gasteiger partial charge in [0, 0.05) is 31.2 Å². The van der Waals surface area contributed by atoms with Crippen LogP contribution in [0.25, 0.3) is 0 Å². The molecule has 0 aromatic heterocycles. The Bertz CT molecular complexity index is 462. The summed E-state index contributed by atoms with van der Waals surface area (Å²) in [5.41, 5.74) is 1.13. The van der Waals surface area contributed by atoms with Crippen LogP contribution in [0.5, 0.6) is 11.5 Å². The van der Waals surface area contributed by atoms with Crippen molar-refractivity contribution in [2.45, 2.75) is 39.3 Å². The van der Waals surface area contributed by atoms with Gasteiger partial charge in [-0.15, -0.1) is 0 Å². The van der Waals surface area contributed by atoms with E-state index in [0.717, 1.165) is 36.7 Å². The summed E-state index contributed by atoms with van der Waals surface area (Å²) in [6.45, 7) is 8.80. The number of rotatable bonds is 5. The standard InChI is InChI=1S/C17H28N2O2/c1-6-13-11-19(16(10-18-13)12(2)3)15-9-14(20-4)7-8-17(15)21-5/h7-9,12-13,16,18H,6,10-11H2,1-5H3. The van der Waals surface area contributed by atoms with Crippen LogP contribution in [0.2, 0.25) is 0 Å². The minimum Gasteiger partial charge on any atom is -0.497 e. The van der Waals surface area contributed by atoms with Gasteiger partial charge in [-0.2, -0.15) is 0 Å². The maximum Gasteiger partial charge on any atom is 0.142 e. The summed E-state index contributed by atoms with van der Waals surface area (Å²) in [4.78, 5) is 2.48. The number of benzene rings is 1. The van der Waals surface area contributed by atoms with E-state index >= 15 is 0 Å². The molecule has 0 radical (unpaired) electrons. The molecule has 118 valence electrons. The van der Waals surface area contributed by atoms with E-state index in [9.17, 15) is 0 Å². The summed E-state index contributed by atoms with van der Waals surface area (Å²) in [7, 11) is 3.44. The Labute approximate surface area is 128 Å². The van der Waals surface area contributed by atoms with Gasteiger partial charge >= 0.3 is 0 Å². The van der Waals surface area contributed by atoms with E-state index < -0.39 is 0 Å². The Balaban J connectivity index is 2.38. The molecular formula is C17H28N2O2. The molecule has 21 heavy (non-hydrogen) atoms. The SMILES string of the molecule is CCC1CN(c2cc(OC)ccc2OC)C(C(C)C)CN1. The van der Waals surface area contributed by atoms with Crippen LogP contribution in [0.3, 0.4) is 0 Å². The molecule has 1 heterocycles. The van der Waals surface area contributed by atoms with Gasteiger partial charge in [0.2, 0.25) is 0 Å². The Hall–Kier alpha value is -1.42. The van der Waals surface area contributed by atoms with Gasteiger partial charge in [0.15, 0.2) is 0 Å². The first-order valence-electron chi connectivity index (χ1n) is 7.82. The zero-order valence-corrected chi connectivity index (χ0v) is 13.8. The number of anilines is 1. The van der Waals surface area contributed by atoms with Crippen molar-refractivity contribution in [3.8, 4) is 11.5 Å². The molecule has 1 aromatic carbocycles. The molecule has 2 rings (SSSR count). The smallest absolute Gasteiger partial charge is 0.142 e. The van der Waals surface area contributed by atoms with Crippen molar-refractivity contribution in [1.29, 1.82) is 0 Å². The van der Waals surface area contributed by atoms with E-state index in [1.807, 2.05) is 12.1 Å². The molecule has 1 aliphatic rings. The van der Waals surface area contributed by atoms with Crippen LogP contribution >= 0.6 is 0 Å². The molecule has 1 aromatic rings. The molecule has 1 aliphatic heterocycles. The van der Waals surface area contributed by atoms with Crippen LogP contribution in [0.1, 0.15) is 27.2 Å². The Kier molecular flexibility index (Phi) is 5.34. The molecule has 1 N–H and O–H groups in total. The number of ether oxygens (including phenoxy) is 2. The Morgan fingerprint density at radius 2 is 2.05 bits per heavy atom. The number of hydrogen-bond acceptors (Lipinski definition) is 4. The summed E-state index contributed by atoms with van der Waals surface area (Å²) in [6, 6.07) is 7.03. The maximum atomic E-state index is 5.58. The van der Waals surface area contributed by atoms with E-state index in [0.29, 0.717) is 18.0 Å². The molecule has 1 fully saturated rings. The van der Waals surface area contributed by atoms with Crippen LogP contribution in [-0.4, -0.2) is 39.4 Å². The van der Waals surface area contributed by atoms with Gasteiger partial charge in [0.05, 0.1) is 19.9 Å². The maximum absolute atomic E-state index is 5.58. The van der Waals surface area contributed by atoms with Crippen LogP contribution in [0, 0.1) is 5.92 Å². The van der Waals surface area contributed by atoms with Gasteiger partial charge in [-0.1, -0.05) is 20.8 Å². The lowest BCUT2D eigenvalue weighted by atomic mass is 9.96. The van der Waals surface area contributed by atoms with E-state index in [1.165, 1.54) is 0 Å². The van der Waals surface area contributed by atoms with Gasteiger partial charge in [-0.3, -0.25) is 0 Å². The first-order chi connectivity index (χ1) is 10.1. The minimum absolute atomic E-state index is 0.466. The Morgan fingerprint density at radius 1 is 1.29 bits per heavy atom. The summed E-state index contributed by atoms with van der Waals surface area (Å²) in [5.74, 6) is 2.37. The van der Waals surface area contributed by atoms with Gasteiger partial charge in [0.25, 0.3) is 0 Å². The molecule has 1 saturated heterocycles. The highest BCUT2D eigenvalue weighted by Crippen LogP contribution is 2.35. The predicted molar refractivity (Wildman–Crippen MR) is 87.6 cm³/mol. The third-order valence-corrected chi connectivity index (χ3v) is 4.39. The fraction of sp³-hybridized carbons (Fsp3) is 0.647. The summed E-state index contributed by atoms with van der Waals surface area (Å²) in [6.07, 6.45) is 1.13. The van der Waals surface area contributed by atoms with Crippen LogP contribution in [0.15, 0.2) is 18.2 Å². The van der Waals surface area contributed by atoms with Crippen molar-refractivity contribution in [2.75, 3.05) is 32.2 Å². The van der Waals surface area contributed by atoms with Crippen molar-refractivity contribution >= 4 is 5.69 Å². The van der Waals surface area contributed by atoms with E-state index in [2.05, 4.69) is 37.1 Å². The highest BCUT2D eigenvalue weighted by Gasteiger charge is 2.31. The second-order valence-electron chi connectivity index (χ2n) is 6.01. The average Bonchev–Trinajstić information content (AvgIpc) is 2.53. The second-order valence-corrected chi connectivity index (χ2v) is 6.01. The monoisotopic (exact) mass is 292 g/mol. The lowest BCUT2D eigenvalue weighted by molar-refractivity contribution is 0.328. The van der Waals surface area contributed by atoms with E-state index in [1.54, 1.807) is 14.2 Å². The van der Waals surface area contributed by atoms with Crippen LogP contribution in [0.4, 0.5) is 5.69 Å². The van der Waals surface area contributed by atoms with Gasteiger partial charge in [0.1, 0.15) is 11.5 Å². The number of nitrogens with zero attached hydrogens (tertiary/aromatic N) is 1. The zero-order valence-electron chi connectivity index (χ0n) is 13.8. The fourth-order valence-corrected chi connectivity index (χ4v) is 3.00. The fourth-order valence-electron chi connectivity index (χ4n) is 3.00. The molecule has 0 bridgehead atoms. The van der Waals surface area contributed by atoms with Crippen molar-refractivity contribution in [3.05, 3.63) is 18.2 Å². The topological polar surface area (TPSA) is 33.7 Å². The average molecular weight is 292 g/mol. The molecular weight excluding hydrogens is 264 g/mol. The van der Waals surface area contributed by atoms with Gasteiger partial charge in [-0.05, 0) is 24.5 Å². The number of nitrogens with one attached hydrogen (secondary N) is 1. The van der Waals surface area contributed by atoms with Crippen molar-refractivity contribution in [2.24, 2.45) is 5.92 Å². The van der Waals surface area contributed by atoms with Crippen molar-refractivity contribution in [3.63, 3.8) is 0 Å². The van der Waals surface area contributed by atoms with Crippen molar-refractivity contribution in [1.82, 2.24) is 5.32 Å². The van der Waals surface area contributed by atoms with Gasteiger partial charge < -0.3 is 19.7 Å². The molecule has 2 unspecified atom stereocenters. The first kappa shape index (κ1) is 16.0. The lowest BCUT2D eigenvalue weighted by Gasteiger charge is -2.44. The van der Waals surface area contributed by atoms with Gasteiger partial charge in [-0.25, -0.2) is 0 Å². The highest BCUT2D eigenvalue weighted by molar-refractivity contribution is 5.62. The first-order valence-corrected chi connectivity index (χ1v) is 7.82. The molecule has 4 heteroatoms. The second kappa shape index (κ2) is 7.03. The molecule has 0 amide bonds. The van der Waals surface area contributed by atoms with Crippen LogP contribution in [-0.2, 0) is 0 Å². The largest absolute Gasteiger partial charge is 0.497 e. The molecule has 0 saturated carbocycles. The normalized spacial score (nSPS) is 22.5. The van der Waals surface area contributed by atoms with E-state index in [4.69, 9.17) is 9.47 Å². The third-order valence-electron chi connectivity index (χ3n) is 4.39. The highest BCUT2D eigenvalue weighted by atomic mass is 16.5. The van der Waals surface area contributed by atoms with E-state index in [-0.39, 0.29) is 0 Å². The Morgan fingerprint density at radius 3 is 2.62 bits per heavy atom. The van der Waals surface area contributed by atoms with Crippen LogP contribution < -0.4 is 19.7 Å². The zero-order chi connectivity index (χ0) is 15.4. The summed E-state index contributed by atoms with van der Waals surface area (Å²) >= 11 is 0. The predicted octanol–water partition coefficient (Wildman–Crippen LogP) is 2.92. The summed E-state index contributed by atoms with van der Waals surface area (Å²) in [5, 5.41) is 3.65. The molecule has 0 aliphatic carbocycles. The number of methoxy groups -OCH3 is 2. The lowest BCUT2D eigenvalue weighted by Crippen LogP contribution is -2.58. The number of piperazine rings is 1. The number of hydrogen-bond donors (Lipinski definition) is 1. The molecule has 4 nitrogen and oxygen atoms in total. The minimum atomic E-state index is 0.466. The van der Waals surface area contributed by atoms with Crippen molar-refractivity contribution < 1.29 is 9.47 Å². The molecule has 0 spiro atoms. The molecule has 2 atom stereocenters. The quantitative estimate of drug-likeness (QED) is 0.905. The third kappa shape index (κ3) is 3.43. The summed E-state index contributed by atoms with van der Waals surface area (Å²) < 4.78 is 11.0.